The van der Waals surface area contributed by atoms with E-state index in [1.807, 2.05) is 7.05 Å². The molecule has 0 aliphatic carbocycles. The fraction of sp³-hybridized carbons (Fsp3) is 0.625. The minimum absolute atomic E-state index is 0.191. The molecule has 1 aromatic rings. The Labute approximate surface area is 76.8 Å². The summed E-state index contributed by atoms with van der Waals surface area (Å²) in [5, 5.41) is 13.1. The maximum Gasteiger partial charge on any atom is 0.126 e. The van der Waals surface area contributed by atoms with Crippen LogP contribution in [0, 0.1) is 0 Å². The molecular weight excluding hydrogens is 168 g/mol. The van der Waals surface area contributed by atoms with Gasteiger partial charge < -0.3 is 10.8 Å². The van der Waals surface area contributed by atoms with E-state index in [4.69, 9.17) is 10.8 Å². The Morgan fingerprint density at radius 2 is 2.31 bits per heavy atom. The number of aromatic nitrogens is 2. The second-order valence-electron chi connectivity index (χ2n) is 3.37. The van der Waals surface area contributed by atoms with Crippen LogP contribution in [0.5, 0.6) is 0 Å². The number of nitrogens with two attached hydrogens (primary N) is 1. The number of nitrogen functional groups attached to an aromatic ring is 1. The van der Waals surface area contributed by atoms with Crippen LogP contribution < -0.4 is 5.73 Å². The average molecular weight is 182 g/mol. The number of aryl methyl sites for hydroxylation is 1. The number of fused-ring (bicyclic) bond motifs is 1. The van der Waals surface area contributed by atoms with Crippen LogP contribution in [0.2, 0.25) is 0 Å². The Bertz CT molecular complexity index is 320. The van der Waals surface area contributed by atoms with E-state index in [0.29, 0.717) is 6.54 Å². The molecule has 1 aliphatic rings. The highest BCUT2D eigenvalue weighted by Crippen LogP contribution is 2.25. The molecule has 2 heterocycles. The number of hydrogen-bond acceptors (Lipinski definition) is 4. The summed E-state index contributed by atoms with van der Waals surface area (Å²) in [6.45, 7) is 2.51. The lowest BCUT2D eigenvalue weighted by atomic mass is 10.3. The molecular formula is C8H14N4O. The minimum atomic E-state index is 0.191. The molecule has 0 aromatic carbocycles. The minimum Gasteiger partial charge on any atom is -0.395 e. The van der Waals surface area contributed by atoms with Crippen molar-refractivity contribution in [1.82, 2.24) is 14.7 Å². The lowest BCUT2D eigenvalue weighted by molar-refractivity contribution is 0.196. The molecule has 0 spiro atoms. The molecule has 0 fully saturated rings. The molecule has 0 saturated carbocycles. The van der Waals surface area contributed by atoms with Gasteiger partial charge in [0.1, 0.15) is 5.82 Å². The SMILES string of the molecule is Cn1nc2c(c1N)CN(CCO)C2. The van der Waals surface area contributed by atoms with Crippen molar-refractivity contribution >= 4 is 5.82 Å². The number of hydrogen-bond donors (Lipinski definition) is 2. The molecule has 5 nitrogen and oxygen atoms in total. The predicted molar refractivity (Wildman–Crippen MR) is 48.8 cm³/mol. The van der Waals surface area contributed by atoms with Crippen LogP contribution in [0.3, 0.4) is 0 Å². The Kier molecular flexibility index (Phi) is 1.97. The summed E-state index contributed by atoms with van der Waals surface area (Å²) in [6, 6.07) is 0. The van der Waals surface area contributed by atoms with Crippen molar-refractivity contribution in [2.24, 2.45) is 7.05 Å². The first-order valence-corrected chi connectivity index (χ1v) is 4.36. The largest absolute Gasteiger partial charge is 0.395 e. The normalized spacial score (nSPS) is 16.5. The molecule has 3 N–H and O–H groups in total. The summed E-state index contributed by atoms with van der Waals surface area (Å²) < 4.78 is 1.71. The molecule has 0 atom stereocenters. The van der Waals surface area contributed by atoms with Crippen molar-refractivity contribution in [3.63, 3.8) is 0 Å². The molecule has 0 saturated heterocycles. The number of aliphatic hydroxyl groups is 1. The molecule has 2 rings (SSSR count). The number of aliphatic hydroxyl groups excluding tert-OH is 1. The van der Waals surface area contributed by atoms with E-state index in [-0.39, 0.29) is 6.61 Å². The number of nitrogens with zero attached hydrogens (tertiary/aromatic N) is 3. The Hall–Kier alpha value is -1.07. The van der Waals surface area contributed by atoms with Crippen molar-refractivity contribution in [2.45, 2.75) is 13.1 Å². The van der Waals surface area contributed by atoms with Crippen LogP contribution in [0.15, 0.2) is 0 Å². The molecule has 72 valence electrons. The summed E-state index contributed by atoms with van der Waals surface area (Å²) in [6.07, 6.45) is 0. The highest BCUT2D eigenvalue weighted by Gasteiger charge is 2.24. The zero-order valence-electron chi connectivity index (χ0n) is 7.69. The van der Waals surface area contributed by atoms with Gasteiger partial charge in [-0.3, -0.25) is 9.58 Å². The molecule has 0 radical (unpaired) electrons. The molecule has 0 amide bonds. The quantitative estimate of drug-likeness (QED) is 0.635. The Balaban J connectivity index is 2.18. The third kappa shape index (κ3) is 1.30. The van der Waals surface area contributed by atoms with Crippen molar-refractivity contribution in [1.29, 1.82) is 0 Å². The van der Waals surface area contributed by atoms with Gasteiger partial charge in [-0.1, -0.05) is 0 Å². The first-order chi connectivity index (χ1) is 6.22. The van der Waals surface area contributed by atoms with Gasteiger partial charge in [0.2, 0.25) is 0 Å². The van der Waals surface area contributed by atoms with Gasteiger partial charge in [-0.25, -0.2) is 0 Å². The highest BCUT2D eigenvalue weighted by atomic mass is 16.3. The van der Waals surface area contributed by atoms with E-state index in [1.165, 1.54) is 0 Å². The summed E-state index contributed by atoms with van der Waals surface area (Å²) >= 11 is 0. The maximum atomic E-state index is 8.77. The van der Waals surface area contributed by atoms with Crippen molar-refractivity contribution in [3.8, 4) is 0 Å². The van der Waals surface area contributed by atoms with E-state index >= 15 is 0 Å². The van der Waals surface area contributed by atoms with E-state index in [9.17, 15) is 0 Å². The molecule has 13 heavy (non-hydrogen) atoms. The molecule has 0 bridgehead atoms. The van der Waals surface area contributed by atoms with Crippen molar-refractivity contribution < 1.29 is 5.11 Å². The van der Waals surface area contributed by atoms with E-state index in [1.54, 1.807) is 4.68 Å². The van der Waals surface area contributed by atoms with Gasteiger partial charge in [0.15, 0.2) is 0 Å². The average Bonchev–Trinajstić information content (AvgIpc) is 2.56. The van der Waals surface area contributed by atoms with Crippen LogP contribution in [0.4, 0.5) is 5.82 Å². The lowest BCUT2D eigenvalue weighted by Gasteiger charge is -2.12. The van der Waals surface area contributed by atoms with Crippen LogP contribution >= 0.6 is 0 Å². The van der Waals surface area contributed by atoms with Gasteiger partial charge in [0.25, 0.3) is 0 Å². The van der Waals surface area contributed by atoms with Gasteiger partial charge in [0, 0.05) is 32.2 Å². The number of rotatable bonds is 2. The van der Waals surface area contributed by atoms with Gasteiger partial charge in [-0.15, -0.1) is 0 Å². The summed E-state index contributed by atoms with van der Waals surface area (Å²) in [5.41, 5.74) is 7.99. The van der Waals surface area contributed by atoms with Crippen LogP contribution in [-0.4, -0.2) is 32.9 Å². The smallest absolute Gasteiger partial charge is 0.126 e. The number of anilines is 1. The maximum absolute atomic E-state index is 8.77. The zero-order chi connectivity index (χ0) is 9.42. The van der Waals surface area contributed by atoms with Crippen LogP contribution in [0.1, 0.15) is 11.3 Å². The molecule has 5 heteroatoms. The van der Waals surface area contributed by atoms with E-state index in [0.717, 1.165) is 30.2 Å². The first kappa shape index (κ1) is 8.52. The van der Waals surface area contributed by atoms with Crippen molar-refractivity contribution in [2.75, 3.05) is 18.9 Å². The highest BCUT2D eigenvalue weighted by molar-refractivity contribution is 5.45. The standard InChI is InChI=1S/C8H14N4O/c1-11-8(9)6-4-12(2-3-13)5-7(6)10-11/h13H,2-5,9H2,1H3. The van der Waals surface area contributed by atoms with E-state index in [2.05, 4.69) is 10.00 Å². The first-order valence-electron chi connectivity index (χ1n) is 4.36. The third-order valence-electron chi connectivity index (χ3n) is 2.45. The Morgan fingerprint density at radius 3 is 2.92 bits per heavy atom. The second kappa shape index (κ2) is 3.01. The van der Waals surface area contributed by atoms with Gasteiger partial charge in [-0.2, -0.15) is 5.10 Å². The summed E-state index contributed by atoms with van der Waals surface area (Å²) in [5.74, 6) is 0.746. The van der Waals surface area contributed by atoms with Crippen LogP contribution in [-0.2, 0) is 20.1 Å². The predicted octanol–water partition coefficient (Wildman–Crippen LogP) is -0.690. The molecule has 1 aliphatic heterocycles. The second-order valence-corrected chi connectivity index (χ2v) is 3.37. The fourth-order valence-corrected chi connectivity index (χ4v) is 1.73. The third-order valence-corrected chi connectivity index (χ3v) is 2.45. The van der Waals surface area contributed by atoms with Crippen molar-refractivity contribution in [3.05, 3.63) is 11.3 Å². The monoisotopic (exact) mass is 182 g/mol. The van der Waals surface area contributed by atoms with E-state index < -0.39 is 0 Å². The van der Waals surface area contributed by atoms with Gasteiger partial charge >= 0.3 is 0 Å². The zero-order valence-corrected chi connectivity index (χ0v) is 7.69. The summed E-state index contributed by atoms with van der Waals surface area (Å²) in [7, 11) is 1.85. The lowest BCUT2D eigenvalue weighted by Crippen LogP contribution is -2.21. The van der Waals surface area contributed by atoms with Crippen LogP contribution in [0.25, 0.3) is 0 Å². The number of β-amino-alcohol motifs (C(OH)–C–C–N with tert-alkyl or cyclic N) is 1. The molecule has 1 aromatic heterocycles. The van der Waals surface area contributed by atoms with Gasteiger partial charge in [0.05, 0.1) is 12.3 Å². The Morgan fingerprint density at radius 1 is 1.54 bits per heavy atom. The molecule has 0 unspecified atom stereocenters. The topological polar surface area (TPSA) is 67.3 Å². The fourth-order valence-electron chi connectivity index (χ4n) is 1.73. The summed E-state index contributed by atoms with van der Waals surface area (Å²) in [4.78, 5) is 2.13. The van der Waals surface area contributed by atoms with Gasteiger partial charge in [-0.05, 0) is 0 Å².